The molecule has 1 atom stereocenters. The second kappa shape index (κ2) is 10.8. The largest absolute Gasteiger partial charge is 0.417 e. The Balaban J connectivity index is 2.59. The summed E-state index contributed by atoms with van der Waals surface area (Å²) >= 11 is 21.9. The molecule has 0 amide bonds. The van der Waals surface area contributed by atoms with Crippen molar-refractivity contribution in [1.82, 2.24) is 0 Å². The first kappa shape index (κ1) is 28.3. The number of halogens is 10. The third-order valence-corrected chi connectivity index (χ3v) is 5.72. The van der Waals surface area contributed by atoms with Gasteiger partial charge in [0.25, 0.3) is 0 Å². The van der Waals surface area contributed by atoms with E-state index in [0.29, 0.717) is 6.07 Å². The number of hydrogen-bond donors (Lipinski definition) is 1. The molecule has 3 nitrogen and oxygen atoms in total. The van der Waals surface area contributed by atoms with Crippen LogP contribution >= 0.6 is 47.0 Å². The Labute approximate surface area is 208 Å². The number of ether oxygens (including phenoxy) is 1. The molecule has 184 valence electrons. The topological polar surface area (TPSA) is 52.3 Å². The molecule has 0 bridgehead atoms. The summed E-state index contributed by atoms with van der Waals surface area (Å²) in [5, 5.41) is -1.79. The molecule has 0 aliphatic heterocycles. The van der Waals surface area contributed by atoms with Crippen molar-refractivity contribution >= 4 is 63.9 Å². The molecule has 2 aromatic rings. The van der Waals surface area contributed by atoms with E-state index >= 15 is 0 Å². The monoisotopic (exact) mass is 567 g/mol. The molecule has 0 fully saturated rings. The standard InChI is InChI=1S/C20H11Cl3F7NO2S/c21-13-4-9(5-14(22)17(13)23)11(19(25,26)27)6-15(24)8-1-2-10(12(3-8)20(28,29)30)18(34)33-16(32)7-31/h1-6,11H,7,31H2/b15-6-. The second-order valence-corrected chi connectivity index (χ2v) is 8.12. The Morgan fingerprint density at radius 2 is 1.62 bits per heavy atom. The molecule has 0 heterocycles. The van der Waals surface area contributed by atoms with Gasteiger partial charge in [-0.15, -0.1) is 0 Å². The average Bonchev–Trinajstić information content (AvgIpc) is 2.73. The van der Waals surface area contributed by atoms with Gasteiger partial charge < -0.3 is 10.5 Å². The molecular formula is C20H11Cl3F7NO2S. The van der Waals surface area contributed by atoms with E-state index in [1.54, 1.807) is 0 Å². The van der Waals surface area contributed by atoms with E-state index in [-0.39, 0.29) is 27.2 Å². The Morgan fingerprint density at radius 1 is 1.06 bits per heavy atom. The normalized spacial score (nSPS) is 13.6. The lowest BCUT2D eigenvalue weighted by atomic mass is 9.95. The number of thiocarbonyl (C=S) groups is 1. The van der Waals surface area contributed by atoms with Crippen molar-refractivity contribution < 1.29 is 40.3 Å². The number of hydrogen-bond acceptors (Lipinski definition) is 4. The zero-order valence-corrected chi connectivity index (χ0v) is 19.4. The van der Waals surface area contributed by atoms with Crippen LogP contribution in [0.3, 0.4) is 0 Å². The molecule has 0 saturated heterocycles. The number of rotatable bonds is 5. The molecule has 2 rings (SSSR count). The quantitative estimate of drug-likeness (QED) is 0.176. The van der Waals surface area contributed by atoms with Gasteiger partial charge in [0.1, 0.15) is 11.7 Å². The highest BCUT2D eigenvalue weighted by molar-refractivity contribution is 7.80. The van der Waals surface area contributed by atoms with Crippen LogP contribution in [0.1, 0.15) is 28.2 Å². The summed E-state index contributed by atoms with van der Waals surface area (Å²) in [5.74, 6) is -5.38. The number of carbonyl (C=O) groups excluding carboxylic acids is 1. The van der Waals surface area contributed by atoms with Crippen LogP contribution in [0.4, 0.5) is 30.7 Å². The Hall–Kier alpha value is -1.92. The van der Waals surface area contributed by atoms with Gasteiger partial charge in [0.15, 0.2) is 0 Å². The lowest BCUT2D eigenvalue weighted by molar-refractivity contribution is -0.140. The first-order chi connectivity index (χ1) is 15.6. The average molecular weight is 569 g/mol. The molecule has 0 aliphatic rings. The first-order valence-corrected chi connectivity index (χ1v) is 10.4. The highest BCUT2D eigenvalue weighted by Crippen LogP contribution is 2.42. The van der Waals surface area contributed by atoms with E-state index in [1.807, 2.05) is 0 Å². The molecule has 0 radical (unpaired) electrons. The molecule has 2 N–H and O–H groups in total. The number of allylic oxidation sites excluding steroid dienone is 1. The number of alkyl halides is 6. The fourth-order valence-electron chi connectivity index (χ4n) is 2.68. The summed E-state index contributed by atoms with van der Waals surface area (Å²) in [6, 6.07) is 3.27. The highest BCUT2D eigenvalue weighted by Gasteiger charge is 2.41. The smallest absolute Gasteiger partial charge is 0.413 e. The van der Waals surface area contributed by atoms with E-state index in [1.165, 1.54) is 0 Å². The van der Waals surface area contributed by atoms with Crippen LogP contribution in [-0.2, 0) is 15.7 Å². The van der Waals surface area contributed by atoms with E-state index in [0.717, 1.165) is 18.2 Å². The lowest BCUT2D eigenvalue weighted by Gasteiger charge is -2.19. The summed E-state index contributed by atoms with van der Waals surface area (Å²) in [6.45, 7) is -0.672. The number of nitrogens with two attached hydrogens (primary N) is 1. The van der Waals surface area contributed by atoms with Crippen LogP contribution in [0.15, 0.2) is 36.4 Å². The maximum atomic E-state index is 14.8. The minimum atomic E-state index is -5.12. The molecule has 0 aliphatic carbocycles. The fraction of sp³-hybridized carbons (Fsp3) is 0.200. The van der Waals surface area contributed by atoms with Crippen LogP contribution < -0.4 is 5.73 Å². The molecule has 14 heteroatoms. The van der Waals surface area contributed by atoms with Gasteiger partial charge in [-0.3, -0.25) is 4.79 Å². The molecule has 0 aromatic heterocycles. The van der Waals surface area contributed by atoms with E-state index < -0.39 is 63.9 Å². The molecule has 2 aromatic carbocycles. The summed E-state index contributed by atoms with van der Waals surface area (Å²) in [7, 11) is 0. The van der Waals surface area contributed by atoms with Crippen LogP contribution in [0.5, 0.6) is 0 Å². The summed E-state index contributed by atoms with van der Waals surface area (Å²) < 4.78 is 101. The van der Waals surface area contributed by atoms with Crippen molar-refractivity contribution in [2.24, 2.45) is 5.73 Å². The third kappa shape index (κ3) is 6.82. The Bertz CT molecular complexity index is 1130. The van der Waals surface area contributed by atoms with Crippen molar-refractivity contribution in [2.45, 2.75) is 18.3 Å². The molecule has 34 heavy (non-hydrogen) atoms. The van der Waals surface area contributed by atoms with Crippen LogP contribution in [0, 0.1) is 0 Å². The van der Waals surface area contributed by atoms with Crippen LogP contribution in [0.2, 0.25) is 15.1 Å². The maximum Gasteiger partial charge on any atom is 0.417 e. The fourth-order valence-corrected chi connectivity index (χ4v) is 3.57. The minimum Gasteiger partial charge on any atom is -0.413 e. The van der Waals surface area contributed by atoms with Gasteiger partial charge in [-0.25, -0.2) is 4.39 Å². The SMILES string of the molecule is NCC(=O)OC(=S)c1ccc(/C(F)=C/C(c2cc(Cl)c(Cl)c(Cl)c2)C(F)(F)F)cc1C(F)(F)F. The number of benzene rings is 2. The van der Waals surface area contributed by atoms with E-state index in [9.17, 15) is 35.5 Å². The molecule has 0 saturated carbocycles. The number of carbonyl (C=O) groups is 1. The lowest BCUT2D eigenvalue weighted by Crippen LogP contribution is -2.22. The summed E-state index contributed by atoms with van der Waals surface area (Å²) in [5.41, 5.74) is 1.24. The predicted octanol–water partition coefficient (Wildman–Crippen LogP) is 7.50. The van der Waals surface area contributed by atoms with Crippen molar-refractivity contribution in [3.8, 4) is 0 Å². The van der Waals surface area contributed by atoms with Gasteiger partial charge >= 0.3 is 18.3 Å². The zero-order valence-electron chi connectivity index (χ0n) is 16.3. The van der Waals surface area contributed by atoms with Crippen molar-refractivity contribution in [1.29, 1.82) is 0 Å². The zero-order chi connectivity index (χ0) is 26.0. The molecule has 0 spiro atoms. The van der Waals surface area contributed by atoms with Crippen molar-refractivity contribution in [3.05, 3.63) is 73.7 Å². The highest BCUT2D eigenvalue weighted by atomic mass is 35.5. The Kier molecular flexibility index (Phi) is 8.98. The van der Waals surface area contributed by atoms with Gasteiger partial charge in [0.05, 0.1) is 27.2 Å². The first-order valence-electron chi connectivity index (χ1n) is 8.81. The third-order valence-electron chi connectivity index (χ3n) is 4.22. The second-order valence-electron chi connectivity index (χ2n) is 6.56. The van der Waals surface area contributed by atoms with Crippen LogP contribution in [-0.4, -0.2) is 23.7 Å². The maximum absolute atomic E-state index is 14.8. The van der Waals surface area contributed by atoms with E-state index in [2.05, 4.69) is 17.0 Å². The van der Waals surface area contributed by atoms with Gasteiger partial charge in [-0.05, 0) is 48.1 Å². The van der Waals surface area contributed by atoms with Gasteiger partial charge in [0.2, 0.25) is 5.05 Å². The minimum absolute atomic E-state index is 0.0673. The van der Waals surface area contributed by atoms with Crippen LogP contribution in [0.25, 0.3) is 5.83 Å². The van der Waals surface area contributed by atoms with Crippen molar-refractivity contribution in [3.63, 3.8) is 0 Å². The number of esters is 1. The van der Waals surface area contributed by atoms with E-state index in [4.69, 9.17) is 40.5 Å². The molecule has 1 unspecified atom stereocenters. The van der Waals surface area contributed by atoms with Gasteiger partial charge in [-0.1, -0.05) is 40.9 Å². The van der Waals surface area contributed by atoms with Gasteiger partial charge in [0, 0.05) is 11.1 Å². The Morgan fingerprint density at radius 3 is 2.09 bits per heavy atom. The summed E-state index contributed by atoms with van der Waals surface area (Å²) in [6.07, 6.45) is -10.1. The summed E-state index contributed by atoms with van der Waals surface area (Å²) in [4.78, 5) is 11.2. The molecular weight excluding hydrogens is 558 g/mol. The van der Waals surface area contributed by atoms with Crippen molar-refractivity contribution in [2.75, 3.05) is 6.54 Å². The van der Waals surface area contributed by atoms with Gasteiger partial charge in [-0.2, -0.15) is 26.3 Å². The predicted molar refractivity (Wildman–Crippen MR) is 118 cm³/mol.